The highest BCUT2D eigenvalue weighted by Gasteiger charge is 2.56. The summed E-state index contributed by atoms with van der Waals surface area (Å²) in [7, 11) is 0. The van der Waals surface area contributed by atoms with Gasteiger partial charge in [-0.3, -0.25) is 9.79 Å². The van der Waals surface area contributed by atoms with E-state index in [0.29, 0.717) is 23.6 Å². The summed E-state index contributed by atoms with van der Waals surface area (Å²) in [5.41, 5.74) is 5.27. The third-order valence-electron chi connectivity index (χ3n) is 3.70. The lowest BCUT2D eigenvalue weighted by atomic mass is 9.83. The molecule has 0 spiro atoms. The first-order valence-corrected chi connectivity index (χ1v) is 7.99. The summed E-state index contributed by atoms with van der Waals surface area (Å²) in [6, 6.07) is -0.229. The molecule has 0 bridgehead atoms. The van der Waals surface area contributed by atoms with Gasteiger partial charge < -0.3 is 26.2 Å². The van der Waals surface area contributed by atoms with Gasteiger partial charge in [0.05, 0.1) is 31.1 Å². The first kappa shape index (κ1) is 16.8. The normalized spacial score (nSPS) is 25.4. The molecule has 2 rings (SSSR count). The highest BCUT2D eigenvalue weighted by atomic mass is 32.2. The molecular weight excluding hydrogens is 308 g/mol. The molecule has 0 aromatic heterocycles. The second-order valence-corrected chi connectivity index (χ2v) is 6.31. The quantitative estimate of drug-likeness (QED) is 0.198. The van der Waals surface area contributed by atoms with Crippen molar-refractivity contribution in [2.24, 2.45) is 16.6 Å². The number of nitrogens with one attached hydrogen (secondary N) is 1. The minimum atomic E-state index is -1.10. The number of hydrogen-bond acceptors (Lipinski definition) is 6. The SMILES string of the molecule is C[C@@H](O)[C@H]1C(=O)N2C(C(=O)O)=C(SCCN/C=N/CN)C[C@H]12. The fraction of sp³-hybridized carbons (Fsp3) is 0.615. The summed E-state index contributed by atoms with van der Waals surface area (Å²) < 4.78 is 0. The van der Waals surface area contributed by atoms with Crippen LogP contribution in [0.15, 0.2) is 15.6 Å². The largest absolute Gasteiger partial charge is 0.477 e. The Labute approximate surface area is 132 Å². The predicted octanol–water partition coefficient (Wildman–Crippen LogP) is -0.839. The molecule has 8 nitrogen and oxygen atoms in total. The Morgan fingerprint density at radius 1 is 1.68 bits per heavy atom. The van der Waals surface area contributed by atoms with E-state index < -0.39 is 18.0 Å². The van der Waals surface area contributed by atoms with Crippen molar-refractivity contribution >= 4 is 30.0 Å². The minimum absolute atomic E-state index is 0.0625. The molecule has 0 unspecified atom stereocenters. The number of rotatable bonds is 8. The van der Waals surface area contributed by atoms with Crippen molar-refractivity contribution in [3.63, 3.8) is 0 Å². The van der Waals surface area contributed by atoms with E-state index in [4.69, 9.17) is 5.73 Å². The van der Waals surface area contributed by atoms with Crippen LogP contribution in [0.4, 0.5) is 0 Å². The summed E-state index contributed by atoms with van der Waals surface area (Å²) in [5.74, 6) is -1.25. The molecule has 9 heteroatoms. The van der Waals surface area contributed by atoms with Gasteiger partial charge in [-0.05, 0) is 6.92 Å². The Kier molecular flexibility index (Phi) is 5.43. The van der Waals surface area contributed by atoms with Gasteiger partial charge in [-0.1, -0.05) is 0 Å². The lowest BCUT2D eigenvalue weighted by Gasteiger charge is -2.44. The zero-order chi connectivity index (χ0) is 16.3. The number of carbonyl (C=O) groups is 2. The molecule has 0 radical (unpaired) electrons. The summed E-state index contributed by atoms with van der Waals surface area (Å²) >= 11 is 1.41. The first-order chi connectivity index (χ1) is 10.5. The standard InChI is InChI=1S/C13H20N4O4S/c1-7(18)10-8-4-9(22-3-2-15-6-16-5-14)11(13(20)21)17(8)12(10)19/h6-8,10,18H,2-5,14H2,1H3,(H,15,16)(H,20,21)/t7-,8-,10-/m1/s1. The van der Waals surface area contributed by atoms with Crippen LogP contribution in [0.3, 0.4) is 0 Å². The van der Waals surface area contributed by atoms with Crippen molar-refractivity contribution < 1.29 is 19.8 Å². The minimum Gasteiger partial charge on any atom is -0.477 e. The van der Waals surface area contributed by atoms with Gasteiger partial charge in [0, 0.05) is 23.6 Å². The number of carboxylic acid groups (broad SMARTS) is 1. The number of carboxylic acids is 1. The van der Waals surface area contributed by atoms with Crippen LogP contribution in [0.5, 0.6) is 0 Å². The second kappa shape index (κ2) is 7.12. The third-order valence-corrected chi connectivity index (χ3v) is 4.82. The van der Waals surface area contributed by atoms with E-state index in [1.54, 1.807) is 6.92 Å². The van der Waals surface area contributed by atoms with Crippen molar-refractivity contribution in [1.82, 2.24) is 10.2 Å². The number of nitrogens with zero attached hydrogens (tertiary/aromatic N) is 2. The van der Waals surface area contributed by atoms with Crippen LogP contribution in [0.2, 0.25) is 0 Å². The van der Waals surface area contributed by atoms with Crippen LogP contribution < -0.4 is 11.1 Å². The third kappa shape index (κ3) is 3.11. The summed E-state index contributed by atoms with van der Waals surface area (Å²) in [6.45, 7) is 2.39. The number of hydrogen-bond donors (Lipinski definition) is 4. The Hall–Kier alpha value is -1.58. The summed E-state index contributed by atoms with van der Waals surface area (Å²) in [4.78, 5) is 29.2. The first-order valence-electron chi connectivity index (χ1n) is 7.01. The van der Waals surface area contributed by atoms with Crippen LogP contribution in [0, 0.1) is 5.92 Å². The van der Waals surface area contributed by atoms with Gasteiger partial charge in [0.2, 0.25) is 5.91 Å². The number of aliphatic imine (C=N–C) groups is 1. The Balaban J connectivity index is 1.97. The van der Waals surface area contributed by atoms with Crippen molar-refractivity contribution in [3.05, 3.63) is 10.6 Å². The number of β-lactam (4-membered cyclic amide) rings is 1. The maximum absolute atomic E-state index is 12.0. The van der Waals surface area contributed by atoms with Crippen molar-refractivity contribution in [2.45, 2.75) is 25.5 Å². The monoisotopic (exact) mass is 328 g/mol. The molecule has 0 aromatic carbocycles. The van der Waals surface area contributed by atoms with Gasteiger partial charge in [-0.2, -0.15) is 0 Å². The molecule has 0 aromatic rings. The molecule has 1 amide bonds. The maximum atomic E-state index is 12.0. The molecule has 22 heavy (non-hydrogen) atoms. The second-order valence-electron chi connectivity index (χ2n) is 5.12. The number of aliphatic hydroxyl groups is 1. The van der Waals surface area contributed by atoms with E-state index in [1.165, 1.54) is 23.0 Å². The number of carbonyl (C=O) groups excluding carboxylic acids is 1. The van der Waals surface area contributed by atoms with Crippen molar-refractivity contribution in [3.8, 4) is 0 Å². The number of aliphatic carboxylic acids is 1. The van der Waals surface area contributed by atoms with Crippen LogP contribution >= 0.6 is 11.8 Å². The van der Waals surface area contributed by atoms with E-state index in [-0.39, 0.29) is 24.3 Å². The highest BCUT2D eigenvalue weighted by molar-refractivity contribution is 8.03. The number of thioether (sulfide) groups is 1. The molecule has 122 valence electrons. The molecule has 3 atom stereocenters. The van der Waals surface area contributed by atoms with E-state index in [9.17, 15) is 19.8 Å². The van der Waals surface area contributed by atoms with Gasteiger partial charge >= 0.3 is 5.97 Å². The zero-order valence-electron chi connectivity index (χ0n) is 12.2. The van der Waals surface area contributed by atoms with Gasteiger partial charge in [0.25, 0.3) is 0 Å². The number of fused-ring (bicyclic) bond motifs is 1. The maximum Gasteiger partial charge on any atom is 0.353 e. The lowest BCUT2D eigenvalue weighted by molar-refractivity contribution is -0.161. The molecule has 2 aliphatic rings. The van der Waals surface area contributed by atoms with Gasteiger partial charge in [-0.25, -0.2) is 4.79 Å². The Morgan fingerprint density at radius 2 is 2.41 bits per heavy atom. The van der Waals surface area contributed by atoms with Crippen LogP contribution in [0.25, 0.3) is 0 Å². The fourth-order valence-corrected chi connectivity index (χ4v) is 3.85. The topological polar surface area (TPSA) is 128 Å². The number of aliphatic hydroxyl groups excluding tert-OH is 1. The number of amides is 1. The van der Waals surface area contributed by atoms with Crippen molar-refractivity contribution in [1.29, 1.82) is 0 Å². The average molecular weight is 328 g/mol. The highest BCUT2D eigenvalue weighted by Crippen LogP contribution is 2.46. The smallest absolute Gasteiger partial charge is 0.353 e. The lowest BCUT2D eigenvalue weighted by Crippen LogP contribution is -2.61. The zero-order valence-corrected chi connectivity index (χ0v) is 13.0. The van der Waals surface area contributed by atoms with Crippen LogP contribution in [-0.4, -0.2) is 64.4 Å². The average Bonchev–Trinajstić information content (AvgIpc) is 2.77. The molecule has 2 heterocycles. The van der Waals surface area contributed by atoms with Gasteiger partial charge in [-0.15, -0.1) is 11.8 Å². The molecule has 1 saturated heterocycles. The summed E-state index contributed by atoms with van der Waals surface area (Å²) in [6.07, 6.45) is 1.24. The van der Waals surface area contributed by atoms with Crippen LogP contribution in [0.1, 0.15) is 13.3 Å². The Bertz CT molecular complexity index is 520. The van der Waals surface area contributed by atoms with Gasteiger partial charge in [0.1, 0.15) is 5.70 Å². The van der Waals surface area contributed by atoms with Gasteiger partial charge in [0.15, 0.2) is 0 Å². The van der Waals surface area contributed by atoms with E-state index in [0.717, 1.165) is 0 Å². The molecular formula is C13H20N4O4S. The fourth-order valence-electron chi connectivity index (χ4n) is 2.77. The molecule has 1 fully saturated rings. The van der Waals surface area contributed by atoms with E-state index in [1.807, 2.05) is 0 Å². The molecule has 0 saturated carbocycles. The van der Waals surface area contributed by atoms with E-state index in [2.05, 4.69) is 10.3 Å². The van der Waals surface area contributed by atoms with E-state index >= 15 is 0 Å². The van der Waals surface area contributed by atoms with Crippen LogP contribution in [-0.2, 0) is 9.59 Å². The predicted molar refractivity (Wildman–Crippen MR) is 83.1 cm³/mol. The number of nitrogens with two attached hydrogens (primary N) is 1. The molecule has 0 aliphatic carbocycles. The molecule has 2 aliphatic heterocycles. The Morgan fingerprint density at radius 3 is 3.00 bits per heavy atom. The summed E-state index contributed by atoms with van der Waals surface area (Å²) in [5, 5.41) is 21.9. The van der Waals surface area contributed by atoms with Crippen molar-refractivity contribution in [2.75, 3.05) is 19.0 Å². The molecule has 5 N–H and O–H groups in total.